The Morgan fingerprint density at radius 3 is 2.90 bits per heavy atom. The lowest BCUT2D eigenvalue weighted by atomic mass is 10.0. The number of aldehydes is 1. The number of unbranched alkanes of at least 4 members (excludes halogenated alkanes) is 1. The van der Waals surface area contributed by atoms with E-state index in [0.29, 0.717) is 53.5 Å². The lowest BCUT2D eigenvalue weighted by Gasteiger charge is -2.21. The quantitative estimate of drug-likeness (QED) is 0.493. The van der Waals surface area contributed by atoms with Crippen LogP contribution in [0.15, 0.2) is 28.7 Å². The van der Waals surface area contributed by atoms with E-state index in [4.69, 9.17) is 4.42 Å². The lowest BCUT2D eigenvalue weighted by molar-refractivity contribution is -0.107. The largest absolute Gasteiger partial charge is 0.437 e. The fourth-order valence-electron chi connectivity index (χ4n) is 3.70. The van der Waals surface area contributed by atoms with Crippen molar-refractivity contribution in [2.75, 3.05) is 24.2 Å². The van der Waals surface area contributed by atoms with Crippen LogP contribution in [-0.2, 0) is 15.8 Å². The standard InChI is InChI=1S/C23H29N3O4S/c1-15-8-7-9-17(11-10-15)20-19(22(28)24-3)18-14-16(2)21(25-23(18)30-20)26(31(4)29)12-5-6-13-27/h9-11,13-15H,5-8,12H2,1-4H3,(H,24,28). The van der Waals surface area contributed by atoms with Crippen LogP contribution >= 0.6 is 0 Å². The molecule has 0 bridgehead atoms. The summed E-state index contributed by atoms with van der Waals surface area (Å²) in [5.41, 5.74) is 2.43. The first-order valence-corrected chi connectivity index (χ1v) is 12.0. The second kappa shape index (κ2) is 10.0. The van der Waals surface area contributed by atoms with E-state index in [1.54, 1.807) is 17.6 Å². The van der Waals surface area contributed by atoms with Crippen molar-refractivity contribution in [3.05, 3.63) is 41.2 Å². The van der Waals surface area contributed by atoms with Crippen molar-refractivity contribution in [2.24, 2.45) is 5.92 Å². The Balaban J connectivity index is 2.15. The van der Waals surface area contributed by atoms with Crippen molar-refractivity contribution < 1.29 is 18.2 Å². The SMILES string of the molecule is CNC(=O)c1c(C2=CCCC(C)C=C2)oc2nc(N(CCCC=O)S(C)=O)c(C)cc12. The van der Waals surface area contributed by atoms with Crippen molar-refractivity contribution in [1.82, 2.24) is 10.3 Å². The Hall–Kier alpha value is -2.74. The molecule has 1 aliphatic carbocycles. The minimum absolute atomic E-state index is 0.240. The van der Waals surface area contributed by atoms with E-state index in [1.165, 1.54) is 0 Å². The first-order valence-electron chi connectivity index (χ1n) is 10.5. The molecule has 0 spiro atoms. The summed E-state index contributed by atoms with van der Waals surface area (Å²) < 4.78 is 20.2. The number of pyridine rings is 1. The number of nitrogens with zero attached hydrogens (tertiary/aromatic N) is 2. The predicted molar refractivity (Wildman–Crippen MR) is 124 cm³/mol. The van der Waals surface area contributed by atoms with Crippen molar-refractivity contribution in [3.63, 3.8) is 0 Å². The van der Waals surface area contributed by atoms with Gasteiger partial charge in [-0.05, 0) is 43.7 Å². The van der Waals surface area contributed by atoms with E-state index in [-0.39, 0.29) is 5.91 Å². The zero-order chi connectivity index (χ0) is 22.5. The molecule has 3 rings (SSSR count). The van der Waals surface area contributed by atoms with Crippen molar-refractivity contribution in [3.8, 4) is 0 Å². The highest BCUT2D eigenvalue weighted by Gasteiger charge is 2.26. The predicted octanol–water partition coefficient (Wildman–Crippen LogP) is 3.94. The van der Waals surface area contributed by atoms with Crippen LogP contribution in [0.3, 0.4) is 0 Å². The third-order valence-corrected chi connectivity index (χ3v) is 6.36. The van der Waals surface area contributed by atoms with Crippen molar-refractivity contribution in [1.29, 1.82) is 0 Å². The van der Waals surface area contributed by atoms with Gasteiger partial charge in [-0.25, -0.2) is 4.21 Å². The van der Waals surface area contributed by atoms with E-state index in [2.05, 4.69) is 29.4 Å². The van der Waals surface area contributed by atoms with E-state index in [9.17, 15) is 13.8 Å². The summed E-state index contributed by atoms with van der Waals surface area (Å²) >= 11 is 0. The van der Waals surface area contributed by atoms with Gasteiger partial charge in [-0.15, -0.1) is 0 Å². The fourth-order valence-corrected chi connectivity index (χ4v) is 4.51. The fraction of sp³-hybridized carbons (Fsp3) is 0.435. The number of hydrogen-bond donors (Lipinski definition) is 1. The number of anilines is 1. The van der Waals surface area contributed by atoms with Crippen LogP contribution in [0.2, 0.25) is 0 Å². The van der Waals surface area contributed by atoms with Gasteiger partial charge in [0.1, 0.15) is 28.8 Å². The van der Waals surface area contributed by atoms with Gasteiger partial charge in [0.2, 0.25) is 5.71 Å². The molecule has 0 fully saturated rings. The van der Waals surface area contributed by atoms with Gasteiger partial charge < -0.3 is 14.5 Å². The highest BCUT2D eigenvalue weighted by atomic mass is 32.2. The number of carbonyl (C=O) groups excluding carboxylic acids is 2. The molecule has 31 heavy (non-hydrogen) atoms. The van der Waals surface area contributed by atoms with Crippen LogP contribution < -0.4 is 9.62 Å². The van der Waals surface area contributed by atoms with Gasteiger partial charge in [-0.2, -0.15) is 4.98 Å². The topological polar surface area (TPSA) is 92.5 Å². The zero-order valence-corrected chi connectivity index (χ0v) is 19.3. The molecule has 2 atom stereocenters. The number of aryl methyl sites for hydroxylation is 1. The molecule has 0 saturated heterocycles. The summed E-state index contributed by atoms with van der Waals surface area (Å²) in [6, 6.07) is 1.86. The van der Waals surface area contributed by atoms with Gasteiger partial charge in [0.05, 0.1) is 10.9 Å². The van der Waals surface area contributed by atoms with Crippen LogP contribution in [0.25, 0.3) is 16.7 Å². The molecule has 7 nitrogen and oxygen atoms in total. The number of amides is 1. The molecular weight excluding hydrogens is 414 g/mol. The molecule has 0 aliphatic heterocycles. The van der Waals surface area contributed by atoms with Crippen molar-refractivity contribution in [2.45, 2.75) is 39.5 Å². The second-order valence-corrected chi connectivity index (χ2v) is 9.06. The van der Waals surface area contributed by atoms with Crippen molar-refractivity contribution >= 4 is 45.7 Å². The molecule has 0 aromatic carbocycles. The van der Waals surface area contributed by atoms with Crippen LogP contribution in [0.1, 0.15) is 54.3 Å². The van der Waals surface area contributed by atoms with Gasteiger partial charge in [0.15, 0.2) is 0 Å². The molecule has 8 heteroatoms. The first-order chi connectivity index (χ1) is 14.9. The van der Waals surface area contributed by atoms with Gasteiger partial charge in [0.25, 0.3) is 5.91 Å². The second-order valence-electron chi connectivity index (χ2n) is 7.77. The number of aromatic nitrogens is 1. The average molecular weight is 444 g/mol. The van der Waals surface area contributed by atoms with Gasteiger partial charge in [-0.3, -0.25) is 9.10 Å². The van der Waals surface area contributed by atoms with Gasteiger partial charge in [-0.1, -0.05) is 25.2 Å². The van der Waals surface area contributed by atoms with Crippen LogP contribution in [0.5, 0.6) is 0 Å². The third-order valence-electron chi connectivity index (χ3n) is 5.38. The smallest absolute Gasteiger partial charge is 0.255 e. The van der Waals surface area contributed by atoms with E-state index in [1.807, 2.05) is 19.1 Å². The number of fused-ring (bicyclic) bond motifs is 1. The van der Waals surface area contributed by atoms with E-state index < -0.39 is 11.0 Å². The number of hydrogen-bond acceptors (Lipinski definition) is 5. The molecule has 1 amide bonds. The number of furan rings is 1. The Morgan fingerprint density at radius 2 is 2.23 bits per heavy atom. The lowest BCUT2D eigenvalue weighted by Crippen LogP contribution is -2.27. The Bertz CT molecular complexity index is 1070. The number of carbonyl (C=O) groups is 2. The summed E-state index contributed by atoms with van der Waals surface area (Å²) in [4.78, 5) is 28.1. The van der Waals surface area contributed by atoms with E-state index in [0.717, 1.165) is 30.3 Å². The normalized spacial score (nSPS) is 17.2. The maximum Gasteiger partial charge on any atom is 0.255 e. The maximum absolute atomic E-state index is 12.8. The number of nitrogens with one attached hydrogen (secondary N) is 1. The molecule has 0 saturated carbocycles. The molecule has 2 unspecified atom stereocenters. The van der Waals surface area contributed by atoms with Gasteiger partial charge in [0, 0.05) is 31.8 Å². The molecule has 1 N–H and O–H groups in total. The Kier molecular flexibility index (Phi) is 7.43. The minimum atomic E-state index is -1.32. The summed E-state index contributed by atoms with van der Waals surface area (Å²) in [6.45, 7) is 4.46. The zero-order valence-electron chi connectivity index (χ0n) is 18.4. The first kappa shape index (κ1) is 22.9. The van der Waals surface area contributed by atoms with Crippen LogP contribution in [-0.4, -0.2) is 41.2 Å². The Morgan fingerprint density at radius 1 is 1.45 bits per heavy atom. The molecule has 2 aromatic rings. The highest BCUT2D eigenvalue weighted by Crippen LogP contribution is 2.35. The molecule has 0 radical (unpaired) electrons. The molecular formula is C23H29N3O4S. The highest BCUT2D eigenvalue weighted by molar-refractivity contribution is 7.85. The third kappa shape index (κ3) is 4.95. The van der Waals surface area contributed by atoms with E-state index >= 15 is 0 Å². The monoisotopic (exact) mass is 443 g/mol. The number of rotatable bonds is 8. The summed E-state index contributed by atoms with van der Waals surface area (Å²) in [5.74, 6) is 1.24. The van der Waals surface area contributed by atoms with Crippen LogP contribution in [0.4, 0.5) is 5.82 Å². The molecule has 2 aromatic heterocycles. The molecule has 1 aliphatic rings. The average Bonchev–Trinajstić information content (AvgIpc) is 2.95. The summed E-state index contributed by atoms with van der Waals surface area (Å²) in [6.07, 6.45) is 11.5. The molecule has 166 valence electrons. The van der Waals surface area contributed by atoms with Crippen LogP contribution in [0, 0.1) is 12.8 Å². The minimum Gasteiger partial charge on any atom is -0.437 e. The summed E-state index contributed by atoms with van der Waals surface area (Å²) in [7, 11) is 0.272. The summed E-state index contributed by atoms with van der Waals surface area (Å²) in [5, 5.41) is 3.32. The maximum atomic E-state index is 12.8. The van der Waals surface area contributed by atoms with Gasteiger partial charge >= 0.3 is 0 Å². The number of allylic oxidation sites excluding steroid dienone is 4. The molecule has 2 heterocycles. The Labute approximate surface area is 185 Å².